The first-order valence-electron chi connectivity index (χ1n) is 7.68. The summed E-state index contributed by atoms with van der Waals surface area (Å²) in [5.41, 5.74) is 6.94. The number of amides is 1. The number of ether oxygens (including phenoxy) is 1. The molecule has 1 heterocycles. The fraction of sp³-hybridized carbons (Fsp3) is 0.105. The van der Waals surface area contributed by atoms with Crippen LogP contribution in [0.1, 0.15) is 31.8 Å². The largest absolute Gasteiger partial charge is 0.505 e. The first-order valence-corrected chi connectivity index (χ1v) is 7.68. The summed E-state index contributed by atoms with van der Waals surface area (Å²) in [6.45, 7) is 0. The average Bonchev–Trinajstić information content (AvgIpc) is 2.63. The first-order chi connectivity index (χ1) is 12.4. The quantitative estimate of drug-likeness (QED) is 0.701. The summed E-state index contributed by atoms with van der Waals surface area (Å²) in [7, 11) is 1.16. The Bertz CT molecular complexity index is 1020. The molecule has 0 saturated heterocycles. The number of benzene rings is 2. The number of primary amides is 1. The lowest BCUT2D eigenvalue weighted by atomic mass is 9.99. The summed E-state index contributed by atoms with van der Waals surface area (Å²) >= 11 is 0. The van der Waals surface area contributed by atoms with Crippen molar-refractivity contribution in [2.75, 3.05) is 7.11 Å². The van der Waals surface area contributed by atoms with Crippen LogP contribution in [0.4, 0.5) is 4.39 Å². The van der Waals surface area contributed by atoms with Gasteiger partial charge in [0.05, 0.1) is 7.11 Å². The number of esters is 1. The summed E-state index contributed by atoms with van der Waals surface area (Å²) in [6.07, 6.45) is 1.96. The van der Waals surface area contributed by atoms with Crippen molar-refractivity contribution in [3.05, 3.63) is 70.7 Å². The predicted molar refractivity (Wildman–Crippen MR) is 92.5 cm³/mol. The van der Waals surface area contributed by atoms with Gasteiger partial charge >= 0.3 is 5.97 Å². The van der Waals surface area contributed by atoms with E-state index in [0.717, 1.165) is 18.2 Å². The van der Waals surface area contributed by atoms with Crippen LogP contribution in [0.25, 0.3) is 10.9 Å². The van der Waals surface area contributed by atoms with Crippen LogP contribution in [0.5, 0.6) is 5.75 Å². The van der Waals surface area contributed by atoms with Gasteiger partial charge < -0.3 is 15.6 Å². The number of fused-ring (bicyclic) bond motifs is 1. The molecule has 26 heavy (non-hydrogen) atoms. The Morgan fingerprint density at radius 1 is 1.15 bits per heavy atom. The molecule has 0 radical (unpaired) electrons. The maximum Gasteiger partial charge on any atom is 0.341 e. The number of phenolic OH excluding ortho intramolecular Hbond substituents is 1. The van der Waals surface area contributed by atoms with Gasteiger partial charge in [0, 0.05) is 17.1 Å². The average molecular weight is 354 g/mol. The van der Waals surface area contributed by atoms with Gasteiger partial charge in [-0.05, 0) is 41.8 Å². The second-order valence-corrected chi connectivity index (χ2v) is 5.72. The van der Waals surface area contributed by atoms with Crippen molar-refractivity contribution in [3.63, 3.8) is 0 Å². The number of rotatable bonds is 4. The van der Waals surface area contributed by atoms with Crippen molar-refractivity contribution < 1.29 is 23.8 Å². The number of methoxy groups -OCH3 is 1. The van der Waals surface area contributed by atoms with Crippen molar-refractivity contribution in [1.82, 2.24) is 4.98 Å². The Labute approximate surface area is 148 Å². The minimum Gasteiger partial charge on any atom is -0.505 e. The van der Waals surface area contributed by atoms with Crippen LogP contribution in [-0.4, -0.2) is 29.1 Å². The highest BCUT2D eigenvalue weighted by molar-refractivity contribution is 6.11. The monoisotopic (exact) mass is 354 g/mol. The van der Waals surface area contributed by atoms with E-state index < -0.39 is 11.9 Å². The molecule has 0 fully saturated rings. The molecule has 0 bridgehead atoms. The van der Waals surface area contributed by atoms with Crippen LogP contribution in [0.15, 0.2) is 42.6 Å². The van der Waals surface area contributed by atoms with E-state index in [4.69, 9.17) is 5.73 Å². The van der Waals surface area contributed by atoms with E-state index in [2.05, 4.69) is 9.72 Å². The summed E-state index contributed by atoms with van der Waals surface area (Å²) in [4.78, 5) is 27.8. The minimum absolute atomic E-state index is 0.0478. The zero-order valence-electron chi connectivity index (χ0n) is 13.8. The lowest BCUT2D eigenvalue weighted by molar-refractivity contribution is 0.0597. The highest BCUT2D eigenvalue weighted by atomic mass is 19.1. The summed E-state index contributed by atoms with van der Waals surface area (Å²) in [6, 6.07) is 8.85. The molecule has 3 rings (SSSR count). The van der Waals surface area contributed by atoms with Gasteiger partial charge in [-0.25, -0.2) is 9.18 Å². The smallest absolute Gasteiger partial charge is 0.341 e. The van der Waals surface area contributed by atoms with Crippen molar-refractivity contribution in [1.29, 1.82) is 0 Å². The number of nitrogens with two attached hydrogens (primary N) is 1. The molecule has 3 aromatic rings. The number of carbonyl (C=O) groups is 2. The third-order valence-electron chi connectivity index (χ3n) is 3.99. The second-order valence-electron chi connectivity index (χ2n) is 5.72. The molecule has 0 saturated carbocycles. The molecule has 7 heteroatoms. The number of nitrogens with zero attached hydrogens (tertiary/aromatic N) is 1. The molecular formula is C19H15FN2O4. The van der Waals surface area contributed by atoms with Crippen LogP contribution >= 0.6 is 0 Å². The van der Waals surface area contributed by atoms with Crippen molar-refractivity contribution in [2.24, 2.45) is 5.73 Å². The normalized spacial score (nSPS) is 10.7. The number of carbonyl (C=O) groups excluding carboxylic acids is 2. The van der Waals surface area contributed by atoms with Gasteiger partial charge in [0.25, 0.3) is 0 Å². The molecule has 6 nitrogen and oxygen atoms in total. The molecule has 2 aromatic carbocycles. The third-order valence-corrected chi connectivity index (χ3v) is 3.99. The highest BCUT2D eigenvalue weighted by Crippen LogP contribution is 2.31. The molecule has 0 aliphatic heterocycles. The van der Waals surface area contributed by atoms with Crippen molar-refractivity contribution >= 4 is 22.8 Å². The summed E-state index contributed by atoms with van der Waals surface area (Å²) < 4.78 is 17.6. The van der Waals surface area contributed by atoms with Gasteiger partial charge in [-0.2, -0.15) is 0 Å². The molecule has 0 unspecified atom stereocenters. The van der Waals surface area contributed by atoms with Gasteiger partial charge in [0.1, 0.15) is 16.9 Å². The molecule has 0 aliphatic carbocycles. The van der Waals surface area contributed by atoms with Crippen molar-refractivity contribution in [3.8, 4) is 5.75 Å². The van der Waals surface area contributed by atoms with E-state index in [0.29, 0.717) is 11.8 Å². The van der Waals surface area contributed by atoms with Crippen LogP contribution < -0.4 is 5.73 Å². The number of pyridine rings is 1. The molecule has 3 N–H and O–H groups in total. The number of phenols is 1. The number of halogens is 1. The Morgan fingerprint density at radius 2 is 1.85 bits per heavy atom. The minimum atomic E-state index is -0.802. The van der Waals surface area contributed by atoms with Gasteiger partial charge in [0.2, 0.25) is 5.91 Å². The number of hydrogen-bond donors (Lipinski definition) is 2. The molecule has 0 spiro atoms. The van der Waals surface area contributed by atoms with E-state index >= 15 is 0 Å². The Morgan fingerprint density at radius 3 is 2.46 bits per heavy atom. The van der Waals surface area contributed by atoms with E-state index in [1.54, 1.807) is 18.2 Å². The third kappa shape index (κ3) is 3.19. The Balaban J connectivity index is 2.13. The lowest BCUT2D eigenvalue weighted by Gasteiger charge is -2.11. The molecule has 0 atom stereocenters. The van der Waals surface area contributed by atoms with Gasteiger partial charge in [-0.15, -0.1) is 0 Å². The van der Waals surface area contributed by atoms with E-state index in [1.807, 2.05) is 0 Å². The zero-order valence-corrected chi connectivity index (χ0v) is 13.8. The molecular weight excluding hydrogens is 339 g/mol. The first kappa shape index (κ1) is 17.3. The van der Waals surface area contributed by atoms with Crippen LogP contribution in [0.3, 0.4) is 0 Å². The standard InChI is InChI=1S/C19H15FN2O4/c1-26-19(25)15-8-14(18(21)24)13-7-11(9-22-16(13)17(15)23)6-10-2-4-12(20)5-3-10/h2-5,7-9,23H,6H2,1H3,(H2,21,24). The van der Waals surface area contributed by atoms with Gasteiger partial charge in [-0.3, -0.25) is 9.78 Å². The number of hydrogen-bond acceptors (Lipinski definition) is 5. The van der Waals surface area contributed by atoms with Crippen LogP contribution in [0, 0.1) is 5.82 Å². The van der Waals surface area contributed by atoms with E-state index in [-0.39, 0.29) is 28.2 Å². The Kier molecular flexibility index (Phi) is 4.53. The van der Waals surface area contributed by atoms with Crippen LogP contribution in [0.2, 0.25) is 0 Å². The van der Waals surface area contributed by atoms with Crippen molar-refractivity contribution in [2.45, 2.75) is 6.42 Å². The molecule has 132 valence electrons. The summed E-state index contributed by atoms with van der Waals surface area (Å²) in [5, 5.41) is 10.6. The van der Waals surface area contributed by atoms with Gasteiger partial charge in [-0.1, -0.05) is 12.1 Å². The number of aromatic hydroxyl groups is 1. The van der Waals surface area contributed by atoms with E-state index in [1.165, 1.54) is 24.4 Å². The lowest BCUT2D eigenvalue weighted by Crippen LogP contribution is -2.14. The SMILES string of the molecule is COC(=O)c1cc(C(N)=O)c2cc(Cc3ccc(F)cc3)cnc2c1O. The fourth-order valence-electron chi connectivity index (χ4n) is 2.72. The maximum atomic E-state index is 13.0. The predicted octanol–water partition coefficient (Wildman–Crippen LogP) is 2.56. The molecule has 1 amide bonds. The molecule has 0 aliphatic rings. The summed E-state index contributed by atoms with van der Waals surface area (Å²) in [5.74, 6) is -2.28. The molecule has 1 aromatic heterocycles. The number of aromatic nitrogens is 1. The van der Waals surface area contributed by atoms with E-state index in [9.17, 15) is 19.1 Å². The van der Waals surface area contributed by atoms with Gasteiger partial charge in [0.15, 0.2) is 5.75 Å². The highest BCUT2D eigenvalue weighted by Gasteiger charge is 2.21. The second kappa shape index (κ2) is 6.79. The Hall–Kier alpha value is -3.48. The zero-order chi connectivity index (χ0) is 18.8. The maximum absolute atomic E-state index is 13.0. The fourth-order valence-corrected chi connectivity index (χ4v) is 2.72. The topological polar surface area (TPSA) is 103 Å². The van der Waals surface area contributed by atoms with Crippen LogP contribution in [-0.2, 0) is 11.2 Å².